The van der Waals surface area contributed by atoms with E-state index in [0.29, 0.717) is 11.4 Å². The van der Waals surface area contributed by atoms with E-state index in [1.54, 1.807) is 31.2 Å². The number of rotatable bonds is 8. The number of anilines is 2. The van der Waals surface area contributed by atoms with Gasteiger partial charge in [-0.2, -0.15) is 4.31 Å². The fourth-order valence-corrected chi connectivity index (χ4v) is 4.61. The predicted molar refractivity (Wildman–Crippen MR) is 113 cm³/mol. The third kappa shape index (κ3) is 6.12. The molecule has 9 nitrogen and oxygen atoms in total. The molecule has 0 aliphatic heterocycles. The Balaban J connectivity index is 2.11. The number of sulfonamides is 1. The lowest BCUT2D eigenvalue weighted by molar-refractivity contribution is -0.116. The fraction of sp³-hybridized carbons (Fsp3) is 0.263. The molecule has 2 aromatic rings. The molecule has 0 radical (unpaired) electrons. The maximum Gasteiger partial charge on any atom is 0.243 e. The number of hydrogen-bond acceptors (Lipinski definition) is 6. The molecule has 11 heteroatoms. The number of likely N-dealkylation sites (N-methyl/N-ethyl adjacent to an activating group) is 1. The van der Waals surface area contributed by atoms with E-state index in [-0.39, 0.29) is 22.2 Å². The Morgan fingerprint density at radius 3 is 1.73 bits per heavy atom. The molecule has 0 saturated heterocycles. The summed E-state index contributed by atoms with van der Waals surface area (Å²) in [6.07, 6.45) is 1.03. The van der Waals surface area contributed by atoms with Gasteiger partial charge in [0.05, 0.1) is 16.3 Å². The van der Waals surface area contributed by atoms with Crippen LogP contribution >= 0.6 is 0 Å². The number of benzene rings is 2. The topological polar surface area (TPSA) is 130 Å². The van der Waals surface area contributed by atoms with Crippen molar-refractivity contribution < 1.29 is 26.4 Å². The first kappa shape index (κ1) is 23.5. The van der Waals surface area contributed by atoms with Crippen molar-refractivity contribution in [1.29, 1.82) is 0 Å². The molecule has 0 aliphatic rings. The minimum Gasteiger partial charge on any atom is -0.326 e. The maximum atomic E-state index is 12.8. The summed E-state index contributed by atoms with van der Waals surface area (Å²) < 4.78 is 49.7. The van der Waals surface area contributed by atoms with E-state index in [1.165, 1.54) is 31.2 Å². The molecule has 162 valence electrons. The highest BCUT2D eigenvalue weighted by atomic mass is 32.2. The van der Waals surface area contributed by atoms with Crippen LogP contribution in [0.15, 0.2) is 58.3 Å². The van der Waals surface area contributed by atoms with Gasteiger partial charge in [0.1, 0.15) is 0 Å². The number of nitrogens with zero attached hydrogens (tertiary/aromatic N) is 1. The Labute approximate surface area is 176 Å². The van der Waals surface area contributed by atoms with Crippen molar-refractivity contribution in [3.05, 3.63) is 48.5 Å². The van der Waals surface area contributed by atoms with E-state index in [9.17, 15) is 26.4 Å². The van der Waals surface area contributed by atoms with Crippen molar-refractivity contribution >= 4 is 43.0 Å². The van der Waals surface area contributed by atoms with Gasteiger partial charge in [0.25, 0.3) is 0 Å². The smallest absolute Gasteiger partial charge is 0.243 e. The normalized spacial score (nSPS) is 11.9. The van der Waals surface area contributed by atoms with E-state index >= 15 is 0 Å². The number of carbonyl (C=O) groups is 2. The van der Waals surface area contributed by atoms with Crippen molar-refractivity contribution in [2.24, 2.45) is 0 Å². The second-order valence-corrected chi connectivity index (χ2v) is 10.4. The quantitative estimate of drug-likeness (QED) is 0.626. The highest BCUT2D eigenvalue weighted by Gasteiger charge is 2.25. The Bertz CT molecular complexity index is 1130. The van der Waals surface area contributed by atoms with Crippen LogP contribution in [-0.4, -0.2) is 52.3 Å². The van der Waals surface area contributed by atoms with Gasteiger partial charge in [0.15, 0.2) is 9.84 Å². The first-order chi connectivity index (χ1) is 13.9. The molecule has 0 saturated carbocycles. The van der Waals surface area contributed by atoms with Crippen LogP contribution in [0.5, 0.6) is 0 Å². The summed E-state index contributed by atoms with van der Waals surface area (Å²) in [5, 5.41) is 5.20. The van der Waals surface area contributed by atoms with Crippen molar-refractivity contribution in [2.45, 2.75) is 23.6 Å². The third-order valence-electron chi connectivity index (χ3n) is 4.05. The molecule has 0 fully saturated rings. The molecule has 0 spiro atoms. The van der Waals surface area contributed by atoms with E-state index < -0.39 is 32.3 Å². The Morgan fingerprint density at radius 1 is 0.833 bits per heavy atom. The van der Waals surface area contributed by atoms with Crippen LogP contribution in [0.4, 0.5) is 11.4 Å². The Kier molecular flexibility index (Phi) is 7.34. The van der Waals surface area contributed by atoms with Crippen LogP contribution < -0.4 is 10.6 Å². The summed E-state index contributed by atoms with van der Waals surface area (Å²) in [5.41, 5.74) is 1.01. The zero-order valence-corrected chi connectivity index (χ0v) is 18.4. The molecule has 0 heterocycles. The van der Waals surface area contributed by atoms with Crippen molar-refractivity contribution in [3.63, 3.8) is 0 Å². The first-order valence-corrected chi connectivity index (χ1v) is 12.2. The zero-order valence-electron chi connectivity index (χ0n) is 16.7. The van der Waals surface area contributed by atoms with Crippen molar-refractivity contribution in [1.82, 2.24) is 4.31 Å². The number of nitrogens with one attached hydrogen (secondary N) is 2. The SMILES string of the molecule is CCN(CC(=O)Nc1ccc(NC(C)=O)cc1)S(=O)(=O)c1ccc(S(C)(=O)=O)cc1. The first-order valence-electron chi connectivity index (χ1n) is 8.91. The highest BCUT2D eigenvalue weighted by molar-refractivity contribution is 7.90. The minimum absolute atomic E-state index is 0.00458. The van der Waals surface area contributed by atoms with Gasteiger partial charge in [-0.15, -0.1) is 0 Å². The minimum atomic E-state index is -3.99. The van der Waals surface area contributed by atoms with Gasteiger partial charge < -0.3 is 10.6 Å². The van der Waals surface area contributed by atoms with Gasteiger partial charge in [-0.3, -0.25) is 9.59 Å². The molecule has 2 rings (SSSR count). The summed E-state index contributed by atoms with van der Waals surface area (Å²) in [5.74, 6) is -0.763. The molecule has 2 N–H and O–H groups in total. The van der Waals surface area contributed by atoms with Crippen molar-refractivity contribution in [2.75, 3.05) is 30.0 Å². The average Bonchev–Trinajstić information content (AvgIpc) is 2.66. The monoisotopic (exact) mass is 453 g/mol. The van der Waals surface area contributed by atoms with Crippen LogP contribution in [0.25, 0.3) is 0 Å². The molecule has 30 heavy (non-hydrogen) atoms. The van der Waals surface area contributed by atoms with E-state index in [1.807, 2.05) is 0 Å². The van der Waals surface area contributed by atoms with E-state index in [2.05, 4.69) is 10.6 Å². The number of hydrogen-bond donors (Lipinski definition) is 2. The van der Waals surface area contributed by atoms with E-state index in [0.717, 1.165) is 10.6 Å². The van der Waals surface area contributed by atoms with Gasteiger partial charge in [0, 0.05) is 31.1 Å². The van der Waals surface area contributed by atoms with Gasteiger partial charge >= 0.3 is 0 Å². The largest absolute Gasteiger partial charge is 0.326 e. The molecule has 2 amide bonds. The van der Waals surface area contributed by atoms with Crippen LogP contribution in [0, 0.1) is 0 Å². The molecule has 0 aromatic heterocycles. The molecule has 0 atom stereocenters. The Hall–Kier alpha value is -2.76. The second kappa shape index (κ2) is 9.37. The van der Waals surface area contributed by atoms with Crippen molar-refractivity contribution in [3.8, 4) is 0 Å². The van der Waals surface area contributed by atoms with Crippen LogP contribution in [0.1, 0.15) is 13.8 Å². The van der Waals surface area contributed by atoms with Crippen LogP contribution in [0.2, 0.25) is 0 Å². The lowest BCUT2D eigenvalue weighted by atomic mass is 10.2. The highest BCUT2D eigenvalue weighted by Crippen LogP contribution is 2.19. The lowest BCUT2D eigenvalue weighted by Gasteiger charge is -2.20. The maximum absolute atomic E-state index is 12.8. The number of sulfone groups is 1. The summed E-state index contributed by atoms with van der Waals surface area (Å²) >= 11 is 0. The number of carbonyl (C=O) groups excluding carboxylic acids is 2. The summed E-state index contributed by atoms with van der Waals surface area (Å²) in [6, 6.07) is 11.2. The Morgan fingerprint density at radius 2 is 1.30 bits per heavy atom. The molecule has 0 aliphatic carbocycles. The van der Waals surface area contributed by atoms with Gasteiger partial charge in [0.2, 0.25) is 21.8 Å². The predicted octanol–water partition coefficient (Wildman–Crippen LogP) is 1.70. The van der Waals surface area contributed by atoms with Gasteiger partial charge in [-0.1, -0.05) is 6.92 Å². The fourth-order valence-electron chi connectivity index (χ4n) is 2.58. The lowest BCUT2D eigenvalue weighted by Crippen LogP contribution is -2.37. The average molecular weight is 454 g/mol. The third-order valence-corrected chi connectivity index (χ3v) is 7.11. The molecule has 0 bridgehead atoms. The van der Waals surface area contributed by atoms with Gasteiger partial charge in [-0.25, -0.2) is 16.8 Å². The van der Waals surface area contributed by atoms with Gasteiger partial charge in [-0.05, 0) is 48.5 Å². The molecule has 2 aromatic carbocycles. The molecule has 0 unspecified atom stereocenters. The summed E-state index contributed by atoms with van der Waals surface area (Å²) in [6.45, 7) is 2.60. The number of amides is 2. The standard InChI is InChI=1S/C19H23N3O6S2/c1-4-22(30(27,28)18-11-9-17(10-12-18)29(3,25)26)13-19(24)21-16-7-5-15(6-8-16)20-14(2)23/h5-12H,4,13H2,1-3H3,(H,20,23)(H,21,24). The van der Waals surface area contributed by atoms with Crippen LogP contribution in [-0.2, 0) is 29.4 Å². The summed E-state index contributed by atoms with van der Waals surface area (Å²) in [4.78, 5) is 23.3. The molecular formula is C19H23N3O6S2. The molecular weight excluding hydrogens is 430 g/mol. The second-order valence-electron chi connectivity index (χ2n) is 6.48. The summed E-state index contributed by atoms with van der Waals surface area (Å²) in [7, 11) is -7.44. The van der Waals surface area contributed by atoms with Crippen LogP contribution in [0.3, 0.4) is 0 Å². The zero-order chi connectivity index (χ0) is 22.5. The van der Waals surface area contributed by atoms with E-state index in [4.69, 9.17) is 0 Å².